The molecule has 0 saturated carbocycles. The molecule has 3 rings (SSSR count). The molecule has 1 aromatic heterocycles. The van der Waals surface area contributed by atoms with Crippen molar-refractivity contribution in [3.63, 3.8) is 0 Å². The molecule has 0 aliphatic heterocycles. The van der Waals surface area contributed by atoms with Crippen LogP contribution in [0.25, 0.3) is 10.9 Å². The molecule has 1 unspecified atom stereocenters. The van der Waals surface area contributed by atoms with Crippen molar-refractivity contribution in [2.45, 2.75) is 12.5 Å². The Morgan fingerprint density at radius 1 is 1.00 bits per heavy atom. The molecule has 0 fully saturated rings. The second-order valence-electron chi connectivity index (χ2n) is 5.13. The quantitative estimate of drug-likeness (QED) is 0.768. The predicted octanol–water partition coefficient (Wildman–Crippen LogP) is 4.11. The lowest BCUT2D eigenvalue weighted by Crippen LogP contribution is -2.34. The second kappa shape index (κ2) is 4.89. The molecule has 0 radical (unpaired) electrons. The molecule has 0 aliphatic rings. The topological polar surface area (TPSA) is 38.9 Å². The second-order valence-corrected chi connectivity index (χ2v) is 5.56. The average Bonchev–Trinajstić information content (AvgIpc) is 2.47. The lowest BCUT2D eigenvalue weighted by molar-refractivity contribution is 0.601. The zero-order chi connectivity index (χ0) is 14.2. The van der Waals surface area contributed by atoms with E-state index in [9.17, 15) is 0 Å². The van der Waals surface area contributed by atoms with Gasteiger partial charge in [-0.2, -0.15) is 0 Å². The molecule has 0 amide bonds. The van der Waals surface area contributed by atoms with Crippen LogP contribution in [0.1, 0.15) is 18.1 Å². The van der Waals surface area contributed by atoms with Crippen molar-refractivity contribution in [1.29, 1.82) is 0 Å². The summed E-state index contributed by atoms with van der Waals surface area (Å²) in [4.78, 5) is 4.48. The number of nitrogens with two attached hydrogens (primary N) is 1. The van der Waals surface area contributed by atoms with Crippen LogP contribution < -0.4 is 5.73 Å². The van der Waals surface area contributed by atoms with Gasteiger partial charge in [-0.15, -0.1) is 0 Å². The summed E-state index contributed by atoms with van der Waals surface area (Å²) >= 11 is 5.93. The molecule has 0 bridgehead atoms. The maximum Gasteiger partial charge on any atom is 0.0702 e. The van der Waals surface area contributed by atoms with Gasteiger partial charge in [-0.25, -0.2) is 0 Å². The molecular formula is C17H15ClN2. The van der Waals surface area contributed by atoms with Gasteiger partial charge in [-0.05, 0) is 42.3 Å². The smallest absolute Gasteiger partial charge is 0.0702 e. The average molecular weight is 283 g/mol. The standard InChI is InChI=1S/C17H15ClN2/c1-17(19,13-6-8-15(18)9-7-13)14-10-12-4-2-3-5-16(12)20-11-14/h2-11H,19H2,1H3. The first-order chi connectivity index (χ1) is 9.57. The van der Waals surface area contributed by atoms with Crippen molar-refractivity contribution in [2.24, 2.45) is 5.73 Å². The highest BCUT2D eigenvalue weighted by Crippen LogP contribution is 2.28. The molecule has 3 aromatic rings. The van der Waals surface area contributed by atoms with E-state index < -0.39 is 5.54 Å². The molecule has 0 saturated heterocycles. The molecule has 0 spiro atoms. The fraction of sp³-hybridized carbons (Fsp3) is 0.118. The number of hydrogen-bond acceptors (Lipinski definition) is 2. The van der Waals surface area contributed by atoms with Gasteiger partial charge in [0, 0.05) is 16.6 Å². The van der Waals surface area contributed by atoms with Gasteiger partial charge in [-0.1, -0.05) is 41.9 Å². The first kappa shape index (κ1) is 13.1. The van der Waals surface area contributed by atoms with Crippen LogP contribution in [-0.2, 0) is 5.54 Å². The Balaban J connectivity index is 2.10. The summed E-state index contributed by atoms with van der Waals surface area (Å²) in [5, 5.41) is 1.80. The molecule has 0 aliphatic carbocycles. The monoisotopic (exact) mass is 282 g/mol. The summed E-state index contributed by atoms with van der Waals surface area (Å²) in [6, 6.07) is 17.7. The van der Waals surface area contributed by atoms with E-state index in [0.29, 0.717) is 5.02 Å². The molecule has 2 N–H and O–H groups in total. The SMILES string of the molecule is CC(N)(c1ccc(Cl)cc1)c1cnc2ccccc2c1. The zero-order valence-electron chi connectivity index (χ0n) is 11.2. The number of fused-ring (bicyclic) bond motifs is 1. The third-order valence-electron chi connectivity index (χ3n) is 3.63. The van der Waals surface area contributed by atoms with E-state index >= 15 is 0 Å². The molecule has 1 heterocycles. The highest BCUT2D eigenvalue weighted by molar-refractivity contribution is 6.30. The summed E-state index contributed by atoms with van der Waals surface area (Å²) < 4.78 is 0. The Morgan fingerprint density at radius 3 is 2.45 bits per heavy atom. The van der Waals surface area contributed by atoms with E-state index in [-0.39, 0.29) is 0 Å². The number of benzene rings is 2. The highest BCUT2D eigenvalue weighted by Gasteiger charge is 2.24. The lowest BCUT2D eigenvalue weighted by atomic mass is 9.86. The number of para-hydroxylation sites is 1. The number of halogens is 1. The molecular weight excluding hydrogens is 268 g/mol. The number of pyridine rings is 1. The maximum absolute atomic E-state index is 6.52. The van der Waals surface area contributed by atoms with E-state index in [0.717, 1.165) is 22.0 Å². The van der Waals surface area contributed by atoms with E-state index in [2.05, 4.69) is 11.1 Å². The number of aromatic nitrogens is 1. The van der Waals surface area contributed by atoms with Gasteiger partial charge in [0.25, 0.3) is 0 Å². The van der Waals surface area contributed by atoms with Crippen LogP contribution in [0.2, 0.25) is 5.02 Å². The number of hydrogen-bond donors (Lipinski definition) is 1. The normalized spacial score (nSPS) is 14.2. The summed E-state index contributed by atoms with van der Waals surface area (Å²) in [6.07, 6.45) is 1.84. The first-order valence-corrected chi connectivity index (χ1v) is 6.85. The van der Waals surface area contributed by atoms with Crippen LogP contribution >= 0.6 is 11.6 Å². The van der Waals surface area contributed by atoms with Crippen molar-refractivity contribution >= 4 is 22.5 Å². The Morgan fingerprint density at radius 2 is 1.70 bits per heavy atom. The van der Waals surface area contributed by atoms with Crippen LogP contribution in [0.15, 0.2) is 60.8 Å². The maximum atomic E-state index is 6.52. The Labute approximate surface area is 123 Å². The molecule has 100 valence electrons. The fourth-order valence-corrected chi connectivity index (χ4v) is 2.44. The predicted molar refractivity (Wildman–Crippen MR) is 83.8 cm³/mol. The van der Waals surface area contributed by atoms with Crippen molar-refractivity contribution in [2.75, 3.05) is 0 Å². The minimum absolute atomic E-state index is 0.596. The van der Waals surface area contributed by atoms with Gasteiger partial charge >= 0.3 is 0 Å². The van der Waals surface area contributed by atoms with Crippen molar-refractivity contribution in [3.05, 3.63) is 76.9 Å². The van der Waals surface area contributed by atoms with E-state index in [1.54, 1.807) is 0 Å². The Hall–Kier alpha value is -1.90. The highest BCUT2D eigenvalue weighted by atomic mass is 35.5. The molecule has 2 nitrogen and oxygen atoms in total. The first-order valence-electron chi connectivity index (χ1n) is 6.47. The van der Waals surface area contributed by atoms with E-state index in [1.165, 1.54) is 0 Å². The van der Waals surface area contributed by atoms with Crippen LogP contribution in [-0.4, -0.2) is 4.98 Å². The third kappa shape index (κ3) is 2.28. The van der Waals surface area contributed by atoms with Gasteiger partial charge in [0.15, 0.2) is 0 Å². The lowest BCUT2D eigenvalue weighted by Gasteiger charge is -2.26. The summed E-state index contributed by atoms with van der Waals surface area (Å²) in [6.45, 7) is 1.99. The van der Waals surface area contributed by atoms with Gasteiger partial charge in [-0.3, -0.25) is 4.98 Å². The largest absolute Gasteiger partial charge is 0.318 e. The van der Waals surface area contributed by atoms with E-state index in [1.807, 2.05) is 61.7 Å². The van der Waals surface area contributed by atoms with Crippen molar-refractivity contribution in [3.8, 4) is 0 Å². The summed E-state index contributed by atoms with van der Waals surface area (Å²) in [7, 11) is 0. The van der Waals surface area contributed by atoms with Crippen LogP contribution in [0.5, 0.6) is 0 Å². The molecule has 1 atom stereocenters. The fourth-order valence-electron chi connectivity index (χ4n) is 2.32. The Bertz CT molecular complexity index is 748. The third-order valence-corrected chi connectivity index (χ3v) is 3.89. The van der Waals surface area contributed by atoms with Crippen LogP contribution in [0, 0.1) is 0 Å². The van der Waals surface area contributed by atoms with Crippen molar-refractivity contribution in [1.82, 2.24) is 4.98 Å². The van der Waals surface area contributed by atoms with E-state index in [4.69, 9.17) is 17.3 Å². The molecule has 2 aromatic carbocycles. The van der Waals surface area contributed by atoms with Gasteiger partial charge < -0.3 is 5.73 Å². The van der Waals surface area contributed by atoms with Gasteiger partial charge in [0.1, 0.15) is 0 Å². The number of rotatable bonds is 2. The molecule has 3 heteroatoms. The Kier molecular flexibility index (Phi) is 3.20. The minimum Gasteiger partial charge on any atom is -0.318 e. The number of nitrogens with zero attached hydrogens (tertiary/aromatic N) is 1. The van der Waals surface area contributed by atoms with Crippen LogP contribution in [0.4, 0.5) is 0 Å². The summed E-state index contributed by atoms with van der Waals surface area (Å²) in [5.74, 6) is 0. The van der Waals surface area contributed by atoms with Crippen LogP contribution in [0.3, 0.4) is 0 Å². The summed E-state index contributed by atoms with van der Waals surface area (Å²) in [5.41, 5.74) is 8.89. The molecule has 20 heavy (non-hydrogen) atoms. The minimum atomic E-state index is -0.596. The van der Waals surface area contributed by atoms with Gasteiger partial charge in [0.05, 0.1) is 11.1 Å². The van der Waals surface area contributed by atoms with Gasteiger partial charge in [0.2, 0.25) is 0 Å². The van der Waals surface area contributed by atoms with Crippen molar-refractivity contribution < 1.29 is 0 Å². The zero-order valence-corrected chi connectivity index (χ0v) is 11.9.